The average Bonchev–Trinajstić information content (AvgIpc) is 3.61. The van der Waals surface area contributed by atoms with Gasteiger partial charge in [-0.2, -0.15) is 18.3 Å². The van der Waals surface area contributed by atoms with Crippen LogP contribution in [0.1, 0.15) is 60.0 Å². The number of ketones is 1. The Morgan fingerprint density at radius 3 is 2.54 bits per heavy atom. The fraction of sp³-hybridized carbons (Fsp3) is 0.500. The molecule has 37 heavy (non-hydrogen) atoms. The van der Waals surface area contributed by atoms with Crippen LogP contribution < -0.4 is 5.32 Å². The van der Waals surface area contributed by atoms with E-state index in [2.05, 4.69) is 20.4 Å². The molecule has 204 valence electrons. The van der Waals surface area contributed by atoms with Crippen molar-refractivity contribution in [2.24, 2.45) is 5.92 Å². The van der Waals surface area contributed by atoms with E-state index < -0.39 is 29.9 Å². The Bertz CT molecular complexity index is 1150. The maximum absolute atomic E-state index is 14.3. The molecule has 8 nitrogen and oxygen atoms in total. The molecule has 0 saturated heterocycles. The molecule has 3 atom stereocenters. The van der Waals surface area contributed by atoms with Crippen LogP contribution in [0, 0.1) is 12.8 Å². The number of hydrogen-bond donors (Lipinski definition) is 2. The highest BCUT2D eigenvalue weighted by Gasteiger charge is 2.36. The molecule has 0 aromatic carbocycles. The summed E-state index contributed by atoms with van der Waals surface area (Å²) in [5.74, 6) is -1.63. The summed E-state index contributed by atoms with van der Waals surface area (Å²) in [7, 11) is 0.500. The van der Waals surface area contributed by atoms with Gasteiger partial charge in [-0.05, 0) is 43.9 Å². The molecular weight excluding hydrogens is 501 g/mol. The molecule has 1 aliphatic carbocycles. The lowest BCUT2D eigenvalue weighted by Crippen LogP contribution is -2.27. The zero-order valence-electron chi connectivity index (χ0n) is 20.9. The Kier molecular flexibility index (Phi) is 10.7. The van der Waals surface area contributed by atoms with Gasteiger partial charge in [-0.3, -0.25) is 13.9 Å². The zero-order valence-corrected chi connectivity index (χ0v) is 20.9. The molecule has 0 spiro atoms. The van der Waals surface area contributed by atoms with Crippen molar-refractivity contribution in [3.05, 3.63) is 59.2 Å². The molecule has 1 aliphatic rings. The fourth-order valence-corrected chi connectivity index (χ4v) is 3.85. The molecule has 3 unspecified atom stereocenters. The number of halogens is 5. The Labute approximate surface area is 210 Å². The van der Waals surface area contributed by atoms with Crippen molar-refractivity contribution in [2.75, 3.05) is 19.1 Å². The number of furan rings is 1. The number of aliphatic hydroxyl groups excluding tert-OH is 1. The molecule has 0 aliphatic heterocycles. The predicted molar refractivity (Wildman–Crippen MR) is 126 cm³/mol. The Morgan fingerprint density at radius 2 is 1.95 bits per heavy atom. The summed E-state index contributed by atoms with van der Waals surface area (Å²) in [5.41, 5.74) is 0.642. The van der Waals surface area contributed by atoms with E-state index in [1.165, 1.54) is 29.3 Å². The first-order valence-electron chi connectivity index (χ1n) is 11.6. The van der Waals surface area contributed by atoms with Gasteiger partial charge in [0, 0.05) is 18.5 Å². The summed E-state index contributed by atoms with van der Waals surface area (Å²) in [6.07, 6.45) is -2.66. The molecule has 1 fully saturated rings. The number of alkyl halides is 5. The third-order valence-corrected chi connectivity index (χ3v) is 5.58. The topological polar surface area (TPSA) is 106 Å². The lowest BCUT2D eigenvalue weighted by Gasteiger charge is -2.17. The smallest absolute Gasteiger partial charge is 0.449 e. The van der Waals surface area contributed by atoms with E-state index >= 15 is 0 Å². The third-order valence-electron chi connectivity index (χ3n) is 5.58. The quantitative estimate of drug-likeness (QED) is 0.326. The largest absolute Gasteiger partial charge is 0.455 e. The summed E-state index contributed by atoms with van der Waals surface area (Å²) in [6.45, 7) is 5.43. The predicted octanol–water partition coefficient (Wildman–Crippen LogP) is 5.01. The van der Waals surface area contributed by atoms with Crippen molar-refractivity contribution in [3.63, 3.8) is 0 Å². The highest BCUT2D eigenvalue weighted by Crippen LogP contribution is 2.32. The second-order valence-corrected chi connectivity index (χ2v) is 7.99. The van der Waals surface area contributed by atoms with Crippen molar-refractivity contribution >= 4 is 11.6 Å². The second kappa shape index (κ2) is 13.3. The van der Waals surface area contributed by atoms with Gasteiger partial charge in [0.2, 0.25) is 11.5 Å². The molecule has 13 heteroatoms. The number of carbonyl (C=O) groups is 1. The monoisotopic (exact) mass is 531 g/mol. The van der Waals surface area contributed by atoms with Crippen LogP contribution in [0.3, 0.4) is 0 Å². The summed E-state index contributed by atoms with van der Waals surface area (Å²) in [5, 5.41) is 16.4. The van der Waals surface area contributed by atoms with Gasteiger partial charge in [-0.1, -0.05) is 13.8 Å². The van der Waals surface area contributed by atoms with Crippen molar-refractivity contribution in [2.45, 2.75) is 58.5 Å². The van der Waals surface area contributed by atoms with Crippen molar-refractivity contribution in [1.29, 1.82) is 0 Å². The van der Waals surface area contributed by atoms with Gasteiger partial charge in [-0.15, -0.1) is 0 Å². The minimum Gasteiger partial charge on any atom is -0.455 e. The third kappa shape index (κ3) is 7.34. The Hall–Kier alpha value is -3.35. The van der Waals surface area contributed by atoms with Crippen LogP contribution in [0.4, 0.5) is 27.8 Å². The first kappa shape index (κ1) is 29.9. The van der Waals surface area contributed by atoms with Gasteiger partial charge in [0.1, 0.15) is 29.8 Å². The Balaban J connectivity index is 0.00000115. The minimum atomic E-state index is -4.59. The van der Waals surface area contributed by atoms with Crippen LogP contribution in [0.25, 0.3) is 0 Å². The van der Waals surface area contributed by atoms with E-state index in [-0.39, 0.29) is 48.3 Å². The van der Waals surface area contributed by atoms with Crippen molar-refractivity contribution < 1.29 is 36.3 Å². The molecule has 0 radical (unpaired) electrons. The molecule has 3 heterocycles. The second-order valence-electron chi connectivity index (χ2n) is 7.99. The van der Waals surface area contributed by atoms with Crippen molar-refractivity contribution in [1.82, 2.24) is 19.7 Å². The van der Waals surface area contributed by atoms with Gasteiger partial charge < -0.3 is 14.8 Å². The minimum absolute atomic E-state index is 0.0319. The maximum atomic E-state index is 14.3. The van der Waals surface area contributed by atoms with Crippen LogP contribution >= 0.6 is 0 Å². The summed E-state index contributed by atoms with van der Waals surface area (Å²) in [4.78, 5) is 21.0. The van der Waals surface area contributed by atoms with E-state index in [1.807, 2.05) is 13.8 Å². The summed E-state index contributed by atoms with van der Waals surface area (Å²) in [6, 6.07) is 2.92. The zero-order chi connectivity index (χ0) is 27.8. The lowest BCUT2D eigenvalue weighted by molar-refractivity contribution is -0.153. The number of rotatable bonds is 7. The number of aryl methyl sites for hydroxylation is 1. The SMILES string of the molecule is CC.CF.Cc1cc(C(=O)c2cncnc2NC2CC(CO)CC2F)nn1Cc1ccc(C(F)(F)F)o1. The van der Waals surface area contributed by atoms with Gasteiger partial charge in [-0.25, -0.2) is 14.4 Å². The van der Waals surface area contributed by atoms with E-state index in [9.17, 15) is 31.9 Å². The van der Waals surface area contributed by atoms with Crippen LogP contribution in [0.2, 0.25) is 0 Å². The number of anilines is 1. The number of nitrogens with one attached hydrogen (secondary N) is 1. The molecular formula is C24H30F5N5O3. The van der Waals surface area contributed by atoms with Crippen LogP contribution in [0.5, 0.6) is 0 Å². The normalized spacial score (nSPS) is 18.9. The number of aromatic nitrogens is 4. The van der Waals surface area contributed by atoms with Crippen LogP contribution in [-0.2, 0) is 12.7 Å². The number of hydrogen-bond acceptors (Lipinski definition) is 7. The van der Waals surface area contributed by atoms with E-state index in [0.29, 0.717) is 19.3 Å². The first-order valence-corrected chi connectivity index (χ1v) is 11.6. The highest BCUT2D eigenvalue weighted by atomic mass is 19.4. The fourth-order valence-electron chi connectivity index (χ4n) is 3.85. The van der Waals surface area contributed by atoms with Gasteiger partial charge >= 0.3 is 6.18 Å². The lowest BCUT2D eigenvalue weighted by atomic mass is 10.1. The number of carbonyl (C=O) groups excluding carboxylic acids is 1. The molecule has 0 amide bonds. The standard InChI is InChI=1S/C21H21F4N5O3.C2H6.CH3F/c1-11-4-17(29-30(11)8-13-2-3-18(33-13)21(23,24)25)19(32)14-7-26-10-27-20(14)28-16-6-12(9-31)5-15(16)22;2*1-2/h2-4,7,10,12,15-16,31H,5-6,8-9H2,1H3,(H,26,27,28);1-2H3;1H3. The average molecular weight is 532 g/mol. The Morgan fingerprint density at radius 1 is 1.24 bits per heavy atom. The van der Waals surface area contributed by atoms with Crippen LogP contribution in [0.15, 0.2) is 35.1 Å². The maximum Gasteiger partial charge on any atom is 0.449 e. The molecule has 4 rings (SSSR count). The van der Waals surface area contributed by atoms with Gasteiger partial charge in [0.15, 0.2) is 0 Å². The number of nitrogens with zero attached hydrogens (tertiary/aromatic N) is 4. The van der Waals surface area contributed by atoms with E-state index in [1.54, 1.807) is 6.92 Å². The highest BCUT2D eigenvalue weighted by molar-refractivity contribution is 6.10. The summed E-state index contributed by atoms with van der Waals surface area (Å²) >= 11 is 0. The molecule has 3 aromatic heterocycles. The van der Waals surface area contributed by atoms with E-state index in [4.69, 9.17) is 4.42 Å². The molecule has 2 N–H and O–H groups in total. The molecule has 0 bridgehead atoms. The summed E-state index contributed by atoms with van der Waals surface area (Å²) < 4.78 is 68.2. The number of aliphatic hydroxyl groups is 1. The van der Waals surface area contributed by atoms with Gasteiger partial charge in [0.25, 0.3) is 0 Å². The van der Waals surface area contributed by atoms with Crippen molar-refractivity contribution in [3.8, 4) is 0 Å². The first-order chi connectivity index (χ1) is 17.7. The molecule has 3 aromatic rings. The van der Waals surface area contributed by atoms with E-state index in [0.717, 1.165) is 6.07 Å². The van der Waals surface area contributed by atoms with Crippen LogP contribution in [-0.4, -0.2) is 56.6 Å². The molecule has 1 saturated carbocycles. The van der Waals surface area contributed by atoms with Gasteiger partial charge in [0.05, 0.1) is 25.3 Å².